The van der Waals surface area contributed by atoms with E-state index >= 15 is 0 Å². The number of rotatable bonds is 6. The van der Waals surface area contributed by atoms with E-state index in [1.54, 1.807) is 6.07 Å². The van der Waals surface area contributed by atoms with Crippen LogP contribution in [0.5, 0.6) is 5.75 Å². The molecule has 2 fully saturated rings. The molecule has 5 nitrogen and oxygen atoms in total. The number of alkyl halides is 2. The molecular formula is C21H27F2N3O2. The van der Waals surface area contributed by atoms with Crippen LogP contribution in [0.25, 0.3) is 10.9 Å². The number of carbonyl (C=O) groups is 1. The van der Waals surface area contributed by atoms with E-state index in [4.69, 9.17) is 4.74 Å². The Labute approximate surface area is 163 Å². The molecule has 2 aliphatic rings. The molecule has 0 aliphatic carbocycles. The quantitative estimate of drug-likeness (QED) is 0.760. The number of aromatic nitrogens is 1. The molecule has 3 heterocycles. The molecule has 28 heavy (non-hydrogen) atoms. The van der Waals surface area contributed by atoms with Crippen LogP contribution in [0.15, 0.2) is 24.3 Å². The number of halogens is 2. The third-order valence-corrected chi connectivity index (χ3v) is 5.69. The van der Waals surface area contributed by atoms with Crippen molar-refractivity contribution < 1.29 is 18.3 Å². The average molecular weight is 391 g/mol. The fraction of sp³-hybridized carbons (Fsp3) is 0.571. The zero-order valence-corrected chi connectivity index (χ0v) is 16.1. The van der Waals surface area contributed by atoms with Gasteiger partial charge in [-0.1, -0.05) is 0 Å². The molecule has 1 aromatic carbocycles. The fourth-order valence-electron chi connectivity index (χ4n) is 4.01. The van der Waals surface area contributed by atoms with Crippen molar-refractivity contribution in [2.45, 2.75) is 38.0 Å². The molecule has 0 atom stereocenters. The Balaban J connectivity index is 1.34. The van der Waals surface area contributed by atoms with E-state index in [0.717, 1.165) is 29.6 Å². The first kappa shape index (κ1) is 19.2. The van der Waals surface area contributed by atoms with E-state index in [2.05, 4.69) is 9.88 Å². The standard InChI is InChI=1S/C21H27F2N3O2/c22-21(23)6-11-26(12-7-21)20(27)19-15-16-14-17(4-5-18(16)24-19)28-13-3-10-25-8-1-2-9-25/h4-5,14-15,24H,1-3,6-13H2. The van der Waals surface area contributed by atoms with Gasteiger partial charge in [-0.3, -0.25) is 4.79 Å². The summed E-state index contributed by atoms with van der Waals surface area (Å²) in [5.41, 5.74) is 1.28. The van der Waals surface area contributed by atoms with Crippen LogP contribution in [0.1, 0.15) is 42.6 Å². The Morgan fingerprint density at radius 1 is 1.11 bits per heavy atom. The first-order valence-corrected chi connectivity index (χ1v) is 10.2. The number of hydrogen-bond acceptors (Lipinski definition) is 3. The Bertz CT molecular complexity index is 820. The minimum absolute atomic E-state index is 0.0899. The molecule has 0 spiro atoms. The van der Waals surface area contributed by atoms with Crippen molar-refractivity contribution in [2.24, 2.45) is 0 Å². The van der Waals surface area contributed by atoms with Crippen LogP contribution in [-0.2, 0) is 0 Å². The molecule has 0 unspecified atom stereocenters. The van der Waals surface area contributed by atoms with Gasteiger partial charge in [-0.15, -0.1) is 0 Å². The predicted octanol–water partition coefficient (Wildman–Crippen LogP) is 3.90. The maximum Gasteiger partial charge on any atom is 0.270 e. The molecule has 7 heteroatoms. The molecule has 2 saturated heterocycles. The lowest BCUT2D eigenvalue weighted by atomic mass is 10.1. The van der Waals surface area contributed by atoms with Crippen LogP contribution < -0.4 is 4.74 Å². The molecule has 0 radical (unpaired) electrons. The lowest BCUT2D eigenvalue weighted by Gasteiger charge is -2.31. The smallest absolute Gasteiger partial charge is 0.270 e. The van der Waals surface area contributed by atoms with Crippen LogP contribution in [-0.4, -0.2) is 65.9 Å². The van der Waals surface area contributed by atoms with Crippen LogP contribution in [0.4, 0.5) is 8.78 Å². The van der Waals surface area contributed by atoms with Crippen molar-refractivity contribution in [1.29, 1.82) is 0 Å². The maximum absolute atomic E-state index is 13.3. The minimum atomic E-state index is -2.65. The molecule has 1 aromatic heterocycles. The van der Waals surface area contributed by atoms with Crippen LogP contribution in [0, 0.1) is 0 Å². The van der Waals surface area contributed by atoms with E-state index in [0.29, 0.717) is 12.3 Å². The number of fused-ring (bicyclic) bond motifs is 1. The molecule has 1 N–H and O–H groups in total. The minimum Gasteiger partial charge on any atom is -0.494 e. The Kier molecular flexibility index (Phi) is 5.53. The topological polar surface area (TPSA) is 48.6 Å². The van der Waals surface area contributed by atoms with Gasteiger partial charge in [0, 0.05) is 43.4 Å². The summed E-state index contributed by atoms with van der Waals surface area (Å²) in [6, 6.07) is 7.49. The van der Waals surface area contributed by atoms with Gasteiger partial charge in [0.1, 0.15) is 11.4 Å². The number of ether oxygens (including phenoxy) is 1. The van der Waals surface area contributed by atoms with Gasteiger partial charge in [0.25, 0.3) is 11.8 Å². The molecule has 152 valence electrons. The van der Waals surface area contributed by atoms with Gasteiger partial charge in [0.2, 0.25) is 0 Å². The second-order valence-electron chi connectivity index (χ2n) is 7.83. The second kappa shape index (κ2) is 8.07. The summed E-state index contributed by atoms with van der Waals surface area (Å²) < 4.78 is 32.5. The van der Waals surface area contributed by atoms with Crippen molar-refractivity contribution in [3.8, 4) is 5.75 Å². The van der Waals surface area contributed by atoms with Crippen LogP contribution >= 0.6 is 0 Å². The van der Waals surface area contributed by atoms with Crippen LogP contribution in [0.2, 0.25) is 0 Å². The fourth-order valence-corrected chi connectivity index (χ4v) is 4.01. The molecule has 4 rings (SSSR count). The molecule has 1 amide bonds. The second-order valence-corrected chi connectivity index (χ2v) is 7.83. The Morgan fingerprint density at radius 3 is 2.61 bits per heavy atom. The highest BCUT2D eigenvalue weighted by atomic mass is 19.3. The van der Waals surface area contributed by atoms with Crippen molar-refractivity contribution in [3.63, 3.8) is 0 Å². The normalized spacial score (nSPS) is 20.0. The first-order valence-electron chi connectivity index (χ1n) is 10.2. The summed E-state index contributed by atoms with van der Waals surface area (Å²) in [6.45, 7) is 4.31. The number of aromatic amines is 1. The number of amides is 1. The summed E-state index contributed by atoms with van der Waals surface area (Å²) in [7, 11) is 0. The zero-order chi connectivity index (χ0) is 19.6. The van der Waals surface area contributed by atoms with Gasteiger partial charge < -0.3 is 19.5 Å². The summed E-state index contributed by atoms with van der Waals surface area (Å²) in [5.74, 6) is -2.09. The van der Waals surface area contributed by atoms with Gasteiger partial charge in [-0.25, -0.2) is 8.78 Å². The summed E-state index contributed by atoms with van der Waals surface area (Å²) >= 11 is 0. The average Bonchev–Trinajstić information content (AvgIpc) is 3.34. The van der Waals surface area contributed by atoms with E-state index in [9.17, 15) is 13.6 Å². The summed E-state index contributed by atoms with van der Waals surface area (Å²) in [5, 5.41) is 0.891. The number of nitrogens with one attached hydrogen (secondary N) is 1. The number of H-pyrrole nitrogens is 1. The van der Waals surface area contributed by atoms with E-state index in [1.165, 1.54) is 30.8 Å². The lowest BCUT2D eigenvalue weighted by Crippen LogP contribution is -2.42. The Hall–Kier alpha value is -2.15. The molecule has 0 saturated carbocycles. The number of benzene rings is 1. The summed E-state index contributed by atoms with van der Waals surface area (Å²) in [6.07, 6.45) is 3.05. The van der Waals surface area contributed by atoms with Gasteiger partial charge >= 0.3 is 0 Å². The van der Waals surface area contributed by atoms with E-state index in [1.807, 2.05) is 18.2 Å². The lowest BCUT2D eigenvalue weighted by molar-refractivity contribution is -0.0495. The van der Waals surface area contributed by atoms with Gasteiger partial charge in [0.05, 0.1) is 6.61 Å². The zero-order valence-electron chi connectivity index (χ0n) is 16.1. The number of piperidine rings is 1. The van der Waals surface area contributed by atoms with Crippen molar-refractivity contribution >= 4 is 16.8 Å². The molecule has 2 aliphatic heterocycles. The Morgan fingerprint density at radius 2 is 1.86 bits per heavy atom. The maximum atomic E-state index is 13.3. The highest BCUT2D eigenvalue weighted by Crippen LogP contribution is 2.29. The van der Waals surface area contributed by atoms with Crippen molar-refractivity contribution in [2.75, 3.05) is 39.3 Å². The number of hydrogen-bond donors (Lipinski definition) is 1. The van der Waals surface area contributed by atoms with E-state index < -0.39 is 5.92 Å². The van der Waals surface area contributed by atoms with Crippen molar-refractivity contribution in [1.82, 2.24) is 14.8 Å². The predicted molar refractivity (Wildman–Crippen MR) is 104 cm³/mol. The highest BCUT2D eigenvalue weighted by Gasteiger charge is 2.36. The SMILES string of the molecule is O=C(c1cc2cc(OCCCN3CCCC3)ccc2[nH]1)N1CCC(F)(F)CC1. The molecule has 2 aromatic rings. The van der Waals surface area contributed by atoms with Gasteiger partial charge in [-0.2, -0.15) is 0 Å². The van der Waals surface area contributed by atoms with E-state index in [-0.39, 0.29) is 31.8 Å². The third-order valence-electron chi connectivity index (χ3n) is 5.69. The number of likely N-dealkylation sites (tertiary alicyclic amines) is 2. The molecular weight excluding hydrogens is 364 g/mol. The first-order chi connectivity index (χ1) is 13.5. The van der Waals surface area contributed by atoms with Gasteiger partial charge in [-0.05, 0) is 56.6 Å². The number of carbonyl (C=O) groups excluding carboxylic acids is 1. The largest absolute Gasteiger partial charge is 0.494 e. The third kappa shape index (κ3) is 4.46. The van der Waals surface area contributed by atoms with Gasteiger partial charge in [0.15, 0.2) is 0 Å². The summed E-state index contributed by atoms with van der Waals surface area (Å²) in [4.78, 5) is 19.7. The number of nitrogens with zero attached hydrogens (tertiary/aromatic N) is 2. The van der Waals surface area contributed by atoms with Crippen molar-refractivity contribution in [3.05, 3.63) is 30.0 Å². The molecule has 0 bridgehead atoms. The highest BCUT2D eigenvalue weighted by molar-refractivity contribution is 5.98. The monoisotopic (exact) mass is 391 g/mol. The van der Waals surface area contributed by atoms with Crippen LogP contribution in [0.3, 0.4) is 0 Å².